The Kier molecular flexibility index (Phi) is 4.71. The second-order valence-corrected chi connectivity index (χ2v) is 8.16. The molecule has 3 aliphatic heterocycles. The maximum Gasteiger partial charge on any atom is 0.269 e. The van der Waals surface area contributed by atoms with Crippen molar-refractivity contribution in [1.29, 1.82) is 0 Å². The molecule has 7 nitrogen and oxygen atoms in total. The molecule has 1 aromatic rings. The van der Waals surface area contributed by atoms with Gasteiger partial charge in [0, 0.05) is 32.5 Å². The Morgan fingerprint density at radius 3 is 3.12 bits per heavy atom. The van der Waals surface area contributed by atoms with Crippen LogP contribution < -0.4 is 5.32 Å². The third kappa shape index (κ3) is 3.35. The van der Waals surface area contributed by atoms with Gasteiger partial charge in [-0.2, -0.15) is 0 Å². The van der Waals surface area contributed by atoms with Crippen LogP contribution in [0, 0.1) is 6.92 Å². The Morgan fingerprint density at radius 2 is 2.38 bits per heavy atom. The quantitative estimate of drug-likeness (QED) is 0.866. The average Bonchev–Trinajstić information content (AvgIpc) is 3.42. The van der Waals surface area contributed by atoms with Crippen molar-refractivity contribution in [3.63, 3.8) is 0 Å². The zero-order valence-electron chi connectivity index (χ0n) is 14.8. The van der Waals surface area contributed by atoms with E-state index in [-0.39, 0.29) is 17.9 Å². The second-order valence-electron chi connectivity index (χ2n) is 7.24. The SMILES string of the molecule is Cc1ccsc1C(=O)N1CCC2(CC(C(=O)NCC3CCCO3)=NO2)C1. The van der Waals surface area contributed by atoms with Gasteiger partial charge < -0.3 is 19.8 Å². The molecule has 0 saturated carbocycles. The standard InChI is InChI=1S/C18H23N3O4S/c1-12-4-8-26-15(12)17(23)21-6-5-18(11-21)9-14(20-25-18)16(22)19-10-13-3-2-7-24-13/h4,8,13H,2-3,5-7,9-11H2,1H3,(H,19,22). The molecule has 4 rings (SSSR count). The predicted molar refractivity (Wildman–Crippen MR) is 97.4 cm³/mol. The summed E-state index contributed by atoms with van der Waals surface area (Å²) in [6, 6.07) is 1.95. The summed E-state index contributed by atoms with van der Waals surface area (Å²) in [5.41, 5.74) is 0.848. The van der Waals surface area contributed by atoms with Gasteiger partial charge in [-0.3, -0.25) is 9.59 Å². The summed E-state index contributed by atoms with van der Waals surface area (Å²) in [5.74, 6) is -0.162. The molecule has 2 amide bonds. The highest BCUT2D eigenvalue weighted by atomic mass is 32.1. The van der Waals surface area contributed by atoms with Gasteiger partial charge in [-0.15, -0.1) is 11.3 Å². The van der Waals surface area contributed by atoms with E-state index in [1.54, 1.807) is 0 Å². The number of aryl methyl sites for hydroxylation is 1. The minimum Gasteiger partial charge on any atom is -0.386 e. The zero-order chi connectivity index (χ0) is 18.1. The molecule has 8 heteroatoms. The van der Waals surface area contributed by atoms with Crippen molar-refractivity contribution in [3.05, 3.63) is 21.9 Å². The van der Waals surface area contributed by atoms with Crippen molar-refractivity contribution < 1.29 is 19.2 Å². The molecule has 0 radical (unpaired) electrons. The monoisotopic (exact) mass is 377 g/mol. The number of amides is 2. The van der Waals surface area contributed by atoms with Gasteiger partial charge in [0.15, 0.2) is 5.60 Å². The van der Waals surface area contributed by atoms with E-state index < -0.39 is 5.60 Å². The fourth-order valence-electron chi connectivity index (χ4n) is 3.73. The normalized spacial score (nSPS) is 27.7. The first-order chi connectivity index (χ1) is 12.6. The summed E-state index contributed by atoms with van der Waals surface area (Å²) >= 11 is 1.46. The largest absolute Gasteiger partial charge is 0.386 e. The molecule has 26 heavy (non-hydrogen) atoms. The van der Waals surface area contributed by atoms with Gasteiger partial charge in [-0.1, -0.05) is 5.16 Å². The summed E-state index contributed by atoms with van der Waals surface area (Å²) in [4.78, 5) is 33.2. The third-order valence-electron chi connectivity index (χ3n) is 5.28. The van der Waals surface area contributed by atoms with Gasteiger partial charge in [0.2, 0.25) is 0 Å². The molecule has 0 aliphatic carbocycles. The lowest BCUT2D eigenvalue weighted by atomic mass is 9.96. The van der Waals surface area contributed by atoms with Gasteiger partial charge in [0.05, 0.1) is 17.5 Å². The van der Waals surface area contributed by atoms with Gasteiger partial charge >= 0.3 is 0 Å². The zero-order valence-corrected chi connectivity index (χ0v) is 15.6. The highest BCUT2D eigenvalue weighted by molar-refractivity contribution is 7.12. The van der Waals surface area contributed by atoms with E-state index in [9.17, 15) is 9.59 Å². The summed E-state index contributed by atoms with van der Waals surface area (Å²) in [6.07, 6.45) is 3.25. The molecule has 140 valence electrons. The molecule has 1 spiro atoms. The lowest BCUT2D eigenvalue weighted by Gasteiger charge is -2.21. The number of thiophene rings is 1. The number of hydrogen-bond acceptors (Lipinski definition) is 6. The predicted octanol–water partition coefficient (Wildman–Crippen LogP) is 1.71. The number of hydrogen-bond donors (Lipinski definition) is 1. The molecular weight excluding hydrogens is 354 g/mol. The van der Waals surface area contributed by atoms with Crippen molar-refractivity contribution in [3.8, 4) is 0 Å². The minimum absolute atomic E-state index is 0.0364. The van der Waals surface area contributed by atoms with Crippen LogP contribution in [0.1, 0.15) is 40.9 Å². The van der Waals surface area contributed by atoms with Crippen LogP contribution in [-0.2, 0) is 14.4 Å². The first-order valence-corrected chi connectivity index (χ1v) is 9.92. The summed E-state index contributed by atoms with van der Waals surface area (Å²) in [7, 11) is 0. The lowest BCUT2D eigenvalue weighted by Crippen LogP contribution is -2.40. The number of nitrogens with one attached hydrogen (secondary N) is 1. The molecule has 3 aliphatic rings. The van der Waals surface area contributed by atoms with Gasteiger partial charge in [-0.25, -0.2) is 0 Å². The van der Waals surface area contributed by atoms with Gasteiger partial charge in [-0.05, 0) is 36.8 Å². The van der Waals surface area contributed by atoms with Crippen molar-refractivity contribution in [2.75, 3.05) is 26.2 Å². The molecule has 0 bridgehead atoms. The van der Waals surface area contributed by atoms with Gasteiger partial charge in [0.1, 0.15) is 5.71 Å². The Morgan fingerprint density at radius 1 is 1.50 bits per heavy atom. The van der Waals surface area contributed by atoms with Crippen LogP contribution in [0.5, 0.6) is 0 Å². The van der Waals surface area contributed by atoms with E-state index in [2.05, 4.69) is 10.5 Å². The Hall–Kier alpha value is -1.93. The topological polar surface area (TPSA) is 80.2 Å². The molecule has 2 atom stereocenters. The van der Waals surface area contributed by atoms with E-state index in [4.69, 9.17) is 9.57 Å². The molecule has 1 aromatic heterocycles. The Labute approximate surface area is 156 Å². The van der Waals surface area contributed by atoms with E-state index in [1.165, 1.54) is 11.3 Å². The highest BCUT2D eigenvalue weighted by Gasteiger charge is 2.48. The Balaban J connectivity index is 1.32. The Bertz CT molecular complexity index is 741. The third-order valence-corrected chi connectivity index (χ3v) is 6.28. The van der Waals surface area contributed by atoms with E-state index in [0.29, 0.717) is 38.2 Å². The minimum atomic E-state index is -0.558. The van der Waals surface area contributed by atoms with Crippen LogP contribution in [0.25, 0.3) is 0 Å². The fraction of sp³-hybridized carbons (Fsp3) is 0.611. The van der Waals surface area contributed by atoms with Gasteiger partial charge in [0.25, 0.3) is 11.8 Å². The number of ether oxygens (including phenoxy) is 1. The molecular formula is C18H23N3O4S. The number of carbonyl (C=O) groups excluding carboxylic acids is 2. The fourth-order valence-corrected chi connectivity index (χ4v) is 4.62. The number of likely N-dealkylation sites (tertiary alicyclic amines) is 1. The summed E-state index contributed by atoms with van der Waals surface area (Å²) < 4.78 is 5.52. The van der Waals surface area contributed by atoms with Crippen LogP contribution in [0.15, 0.2) is 16.6 Å². The van der Waals surface area contributed by atoms with Crippen LogP contribution in [0.3, 0.4) is 0 Å². The molecule has 0 aromatic carbocycles. The first-order valence-electron chi connectivity index (χ1n) is 9.05. The number of rotatable bonds is 4. The van der Waals surface area contributed by atoms with Crippen molar-refractivity contribution >= 4 is 28.9 Å². The van der Waals surface area contributed by atoms with E-state index in [0.717, 1.165) is 29.9 Å². The number of nitrogens with zero attached hydrogens (tertiary/aromatic N) is 2. The maximum absolute atomic E-state index is 12.7. The van der Waals surface area contributed by atoms with Crippen molar-refractivity contribution in [1.82, 2.24) is 10.2 Å². The molecule has 4 heterocycles. The van der Waals surface area contributed by atoms with Crippen molar-refractivity contribution in [2.45, 2.75) is 44.3 Å². The maximum atomic E-state index is 12.7. The van der Waals surface area contributed by atoms with Crippen LogP contribution in [0.4, 0.5) is 0 Å². The van der Waals surface area contributed by atoms with Crippen LogP contribution in [-0.4, -0.2) is 60.4 Å². The van der Waals surface area contributed by atoms with E-state index >= 15 is 0 Å². The molecule has 1 N–H and O–H groups in total. The summed E-state index contributed by atoms with van der Waals surface area (Å²) in [6.45, 7) is 4.31. The highest BCUT2D eigenvalue weighted by Crippen LogP contribution is 2.35. The summed E-state index contributed by atoms with van der Waals surface area (Å²) in [5, 5.41) is 8.83. The second kappa shape index (κ2) is 7.00. The van der Waals surface area contributed by atoms with Crippen LogP contribution >= 0.6 is 11.3 Å². The van der Waals surface area contributed by atoms with Crippen LogP contribution in [0.2, 0.25) is 0 Å². The lowest BCUT2D eigenvalue weighted by molar-refractivity contribution is -0.115. The smallest absolute Gasteiger partial charge is 0.269 e. The van der Waals surface area contributed by atoms with Crippen molar-refractivity contribution in [2.24, 2.45) is 5.16 Å². The molecule has 2 fully saturated rings. The number of carbonyl (C=O) groups is 2. The van der Waals surface area contributed by atoms with E-state index in [1.807, 2.05) is 23.3 Å². The first kappa shape index (κ1) is 17.5. The number of oxime groups is 1. The molecule has 2 unspecified atom stereocenters. The molecule has 2 saturated heterocycles. The average molecular weight is 377 g/mol.